The van der Waals surface area contributed by atoms with Gasteiger partial charge in [-0.3, -0.25) is 9.78 Å². The van der Waals surface area contributed by atoms with Crippen LogP contribution in [0.5, 0.6) is 5.75 Å². The van der Waals surface area contributed by atoms with E-state index in [4.69, 9.17) is 0 Å². The molecule has 1 heterocycles. The monoisotopic (exact) mass is 409 g/mol. The highest BCUT2D eigenvalue weighted by Crippen LogP contribution is 2.33. The number of halogens is 5. The smallest absolute Gasteiger partial charge is 0.404 e. The van der Waals surface area contributed by atoms with E-state index in [0.29, 0.717) is 6.29 Å². The Morgan fingerprint density at radius 2 is 2.19 bits per heavy atom. The molecule has 0 aliphatic carbocycles. The van der Waals surface area contributed by atoms with Gasteiger partial charge in [0, 0.05) is 17.1 Å². The van der Waals surface area contributed by atoms with Crippen LogP contribution in [0.25, 0.3) is 0 Å². The van der Waals surface area contributed by atoms with Crippen LogP contribution in [-0.2, 0) is 5.33 Å². The van der Waals surface area contributed by atoms with Gasteiger partial charge in [0.2, 0.25) is 0 Å². The summed E-state index contributed by atoms with van der Waals surface area (Å²) in [7, 11) is 0. The van der Waals surface area contributed by atoms with Crippen molar-refractivity contribution in [1.82, 2.24) is 4.98 Å². The zero-order valence-electron chi connectivity index (χ0n) is 7.52. The van der Waals surface area contributed by atoms with Crippen molar-refractivity contribution in [3.63, 3.8) is 0 Å². The van der Waals surface area contributed by atoms with Gasteiger partial charge in [-0.2, -0.15) is 0 Å². The Hall–Kier alpha value is -0.380. The van der Waals surface area contributed by atoms with Crippen LogP contribution in [0, 0.1) is 3.57 Å². The molecule has 0 aromatic carbocycles. The Morgan fingerprint density at radius 1 is 1.56 bits per heavy atom. The highest BCUT2D eigenvalue weighted by molar-refractivity contribution is 14.1. The summed E-state index contributed by atoms with van der Waals surface area (Å²) in [6, 6.07) is 0. The number of pyridine rings is 1. The van der Waals surface area contributed by atoms with E-state index in [9.17, 15) is 18.0 Å². The van der Waals surface area contributed by atoms with E-state index in [1.165, 1.54) is 6.20 Å². The average molecular weight is 410 g/mol. The fourth-order valence-corrected chi connectivity index (χ4v) is 2.05. The van der Waals surface area contributed by atoms with Crippen LogP contribution in [0.1, 0.15) is 16.1 Å². The van der Waals surface area contributed by atoms with Crippen molar-refractivity contribution >= 4 is 44.8 Å². The topological polar surface area (TPSA) is 39.2 Å². The Kier molecular flexibility index (Phi) is 4.53. The number of ether oxygens (including phenoxy) is 1. The van der Waals surface area contributed by atoms with Gasteiger partial charge < -0.3 is 4.74 Å². The molecule has 0 saturated carbocycles. The van der Waals surface area contributed by atoms with Crippen LogP contribution >= 0.6 is 38.5 Å². The second kappa shape index (κ2) is 5.30. The van der Waals surface area contributed by atoms with E-state index in [0.717, 1.165) is 0 Å². The molecule has 3 nitrogen and oxygen atoms in total. The maximum absolute atomic E-state index is 12.1. The van der Waals surface area contributed by atoms with Crippen LogP contribution in [-0.4, -0.2) is 17.6 Å². The first-order valence-electron chi connectivity index (χ1n) is 3.83. The first-order chi connectivity index (χ1) is 7.39. The Bertz CT molecular complexity index is 411. The molecule has 8 heteroatoms. The lowest BCUT2D eigenvalue weighted by Gasteiger charge is -2.14. The molecule has 0 atom stereocenters. The van der Waals surface area contributed by atoms with Gasteiger partial charge in [-0.1, -0.05) is 15.9 Å². The number of hydrogen-bond acceptors (Lipinski definition) is 3. The minimum absolute atomic E-state index is 0.0434. The van der Waals surface area contributed by atoms with Gasteiger partial charge in [0.25, 0.3) is 0 Å². The molecule has 0 fully saturated rings. The second-order valence-corrected chi connectivity index (χ2v) is 4.25. The lowest BCUT2D eigenvalue weighted by atomic mass is 10.2. The fraction of sp³-hybridized carbons (Fsp3) is 0.250. The zero-order chi connectivity index (χ0) is 12.3. The lowest BCUT2D eigenvalue weighted by Crippen LogP contribution is -2.19. The molecule has 1 aromatic heterocycles. The van der Waals surface area contributed by atoms with Gasteiger partial charge in [0.15, 0.2) is 12.0 Å². The number of aromatic nitrogens is 1. The highest BCUT2D eigenvalue weighted by atomic mass is 127. The Morgan fingerprint density at radius 3 is 2.62 bits per heavy atom. The summed E-state index contributed by atoms with van der Waals surface area (Å²) in [5.41, 5.74) is 0.150. The molecular weight excluding hydrogens is 406 g/mol. The van der Waals surface area contributed by atoms with Crippen molar-refractivity contribution in [2.45, 2.75) is 11.7 Å². The van der Waals surface area contributed by atoms with E-state index in [1.54, 1.807) is 22.6 Å². The summed E-state index contributed by atoms with van der Waals surface area (Å²) in [5.74, 6) is -0.387. The maximum atomic E-state index is 12.1. The van der Waals surface area contributed by atoms with Crippen molar-refractivity contribution in [2.75, 3.05) is 0 Å². The van der Waals surface area contributed by atoms with Gasteiger partial charge in [0.1, 0.15) is 5.69 Å². The molecule has 0 amide bonds. The van der Waals surface area contributed by atoms with Gasteiger partial charge in [-0.25, -0.2) is 0 Å². The molecule has 0 unspecified atom stereocenters. The molecule has 0 radical (unpaired) electrons. The minimum Gasteiger partial charge on any atom is -0.404 e. The summed E-state index contributed by atoms with van der Waals surface area (Å²) >= 11 is 4.61. The Labute approximate surface area is 111 Å². The first kappa shape index (κ1) is 13.7. The standard InChI is InChI=1S/C8H4BrF3INO2/c9-1-4-2-14-5(3-15)6(13)7(4)16-8(10,11)12/h2-3H,1H2. The summed E-state index contributed by atoms with van der Waals surface area (Å²) in [5, 5.41) is 0.153. The maximum Gasteiger partial charge on any atom is 0.573 e. The third kappa shape index (κ3) is 3.30. The summed E-state index contributed by atoms with van der Waals surface area (Å²) in [6.45, 7) is 0. The number of nitrogens with zero attached hydrogens (tertiary/aromatic N) is 1. The summed E-state index contributed by atoms with van der Waals surface area (Å²) in [4.78, 5) is 14.2. The molecule has 1 aromatic rings. The molecule has 1 rings (SSSR count). The molecule has 0 aliphatic rings. The van der Waals surface area contributed by atoms with Gasteiger partial charge >= 0.3 is 6.36 Å². The first-order valence-corrected chi connectivity index (χ1v) is 6.03. The number of alkyl halides is 4. The molecule has 0 aliphatic heterocycles. The number of rotatable bonds is 3. The van der Waals surface area contributed by atoms with Gasteiger partial charge in [0.05, 0.1) is 3.57 Å². The molecule has 0 saturated heterocycles. The summed E-state index contributed by atoms with van der Waals surface area (Å²) in [6.07, 6.45) is -3.25. The predicted molar refractivity (Wildman–Crippen MR) is 61.7 cm³/mol. The van der Waals surface area contributed by atoms with Crippen LogP contribution < -0.4 is 4.74 Å². The van der Waals surface area contributed by atoms with E-state index in [1.807, 2.05) is 0 Å². The minimum atomic E-state index is -4.79. The van der Waals surface area contributed by atoms with E-state index in [2.05, 4.69) is 25.7 Å². The average Bonchev–Trinajstić information content (AvgIpc) is 2.19. The molecule has 16 heavy (non-hydrogen) atoms. The quantitative estimate of drug-likeness (QED) is 0.437. The van der Waals surface area contributed by atoms with E-state index in [-0.39, 0.29) is 25.9 Å². The molecule has 88 valence electrons. The van der Waals surface area contributed by atoms with Crippen LogP contribution in [0.15, 0.2) is 6.20 Å². The molecular formula is C8H4BrF3INO2. The number of hydrogen-bond donors (Lipinski definition) is 0. The van der Waals surface area contributed by atoms with E-state index >= 15 is 0 Å². The number of aldehydes is 1. The van der Waals surface area contributed by atoms with Crippen molar-refractivity contribution in [1.29, 1.82) is 0 Å². The SMILES string of the molecule is O=Cc1ncc(CBr)c(OC(F)(F)F)c1I. The third-order valence-electron chi connectivity index (χ3n) is 1.55. The van der Waals surface area contributed by atoms with Crippen molar-refractivity contribution in [2.24, 2.45) is 0 Å². The molecule has 0 spiro atoms. The summed E-state index contributed by atoms with van der Waals surface area (Å²) < 4.78 is 40.3. The van der Waals surface area contributed by atoms with Crippen molar-refractivity contribution in [3.05, 3.63) is 21.0 Å². The lowest BCUT2D eigenvalue weighted by molar-refractivity contribution is -0.275. The number of carbonyl (C=O) groups is 1. The van der Waals surface area contributed by atoms with Crippen LogP contribution in [0.2, 0.25) is 0 Å². The van der Waals surface area contributed by atoms with E-state index < -0.39 is 6.36 Å². The zero-order valence-corrected chi connectivity index (χ0v) is 11.3. The Balaban J connectivity index is 3.26. The van der Waals surface area contributed by atoms with Crippen molar-refractivity contribution in [3.8, 4) is 5.75 Å². The van der Waals surface area contributed by atoms with Crippen LogP contribution in [0.3, 0.4) is 0 Å². The predicted octanol–water partition coefficient (Wildman–Crippen LogP) is 3.29. The van der Waals surface area contributed by atoms with Crippen LogP contribution in [0.4, 0.5) is 13.2 Å². The van der Waals surface area contributed by atoms with Crippen molar-refractivity contribution < 1.29 is 22.7 Å². The van der Waals surface area contributed by atoms with Gasteiger partial charge in [-0.05, 0) is 22.6 Å². The fourth-order valence-electron chi connectivity index (χ4n) is 0.923. The normalized spacial score (nSPS) is 11.3. The molecule has 0 bridgehead atoms. The number of carbonyl (C=O) groups excluding carboxylic acids is 1. The largest absolute Gasteiger partial charge is 0.573 e. The van der Waals surface area contributed by atoms with Gasteiger partial charge in [-0.15, -0.1) is 13.2 Å². The highest BCUT2D eigenvalue weighted by Gasteiger charge is 2.33. The third-order valence-corrected chi connectivity index (χ3v) is 3.20. The molecule has 0 N–H and O–H groups in total. The second-order valence-electron chi connectivity index (χ2n) is 2.61.